The van der Waals surface area contributed by atoms with Crippen molar-refractivity contribution in [2.75, 3.05) is 44.2 Å². The third-order valence-electron chi connectivity index (χ3n) is 6.95. The molecule has 3 heterocycles. The summed E-state index contributed by atoms with van der Waals surface area (Å²) in [4.78, 5) is 22.4. The lowest BCUT2D eigenvalue weighted by atomic mass is 10.0. The number of benzene rings is 2. The summed E-state index contributed by atoms with van der Waals surface area (Å²) in [7, 11) is -3.49. The number of amides is 1. The Labute approximate surface area is 211 Å². The van der Waals surface area contributed by atoms with E-state index in [9.17, 15) is 13.2 Å². The smallest absolute Gasteiger partial charge is 0.253 e. The summed E-state index contributed by atoms with van der Waals surface area (Å²) in [5, 5.41) is 1.01. The predicted octanol–water partition coefficient (Wildman–Crippen LogP) is 4.56. The van der Waals surface area contributed by atoms with Crippen LogP contribution < -0.4 is 4.90 Å². The highest BCUT2D eigenvalue weighted by molar-refractivity contribution is 7.89. The minimum Gasteiger partial charge on any atom is -0.345 e. The Bertz CT molecular complexity index is 1300. The van der Waals surface area contributed by atoms with E-state index in [0.29, 0.717) is 37.7 Å². The second-order valence-electron chi connectivity index (χ2n) is 9.61. The van der Waals surface area contributed by atoms with Crippen molar-refractivity contribution in [3.8, 4) is 0 Å². The lowest BCUT2D eigenvalue weighted by molar-refractivity contribution is 0.0746. The van der Waals surface area contributed by atoms with Crippen molar-refractivity contribution in [3.05, 3.63) is 53.6 Å². The Morgan fingerprint density at radius 2 is 1.60 bits per heavy atom. The molecule has 0 spiro atoms. The third kappa shape index (κ3) is 4.81. The van der Waals surface area contributed by atoms with Crippen LogP contribution in [0.2, 0.25) is 0 Å². The Hall–Kier alpha value is -2.49. The van der Waals surface area contributed by atoms with E-state index >= 15 is 0 Å². The van der Waals surface area contributed by atoms with E-state index in [2.05, 4.69) is 36.9 Å². The fraction of sp³-hybridized carbons (Fsp3) is 0.462. The fourth-order valence-electron chi connectivity index (χ4n) is 4.87. The lowest BCUT2D eigenvalue weighted by Crippen LogP contribution is -2.48. The standard InChI is InChI=1S/C26H32N4O3S2/c1-19(2)22-7-6-8-23-24(22)27-26(34-23)29-17-15-28(16-18-29)25(31)20-9-11-21(12-10-20)35(32,33)30-13-4-3-5-14-30/h6-12,19H,3-5,13-18H2,1-2H3. The van der Waals surface area contributed by atoms with E-state index in [1.165, 1.54) is 10.3 Å². The molecule has 3 aromatic rings. The molecule has 1 amide bonds. The molecule has 0 atom stereocenters. The zero-order valence-corrected chi connectivity index (χ0v) is 21.9. The zero-order chi connectivity index (χ0) is 24.6. The second-order valence-corrected chi connectivity index (χ2v) is 12.6. The molecular weight excluding hydrogens is 480 g/mol. The first-order valence-corrected chi connectivity index (χ1v) is 14.6. The molecule has 0 saturated carbocycles. The van der Waals surface area contributed by atoms with Crippen molar-refractivity contribution in [2.45, 2.75) is 43.9 Å². The van der Waals surface area contributed by atoms with Crippen molar-refractivity contribution in [2.24, 2.45) is 0 Å². The Balaban J connectivity index is 1.24. The van der Waals surface area contributed by atoms with E-state index < -0.39 is 10.0 Å². The summed E-state index contributed by atoms with van der Waals surface area (Å²) in [6.45, 7) is 8.19. The van der Waals surface area contributed by atoms with Gasteiger partial charge < -0.3 is 9.80 Å². The highest BCUT2D eigenvalue weighted by Gasteiger charge is 2.27. The van der Waals surface area contributed by atoms with Crippen LogP contribution in [-0.4, -0.2) is 67.8 Å². The minimum atomic E-state index is -3.49. The van der Waals surface area contributed by atoms with Crippen LogP contribution in [-0.2, 0) is 10.0 Å². The molecule has 35 heavy (non-hydrogen) atoms. The molecule has 2 fully saturated rings. The van der Waals surface area contributed by atoms with Crippen LogP contribution in [0.4, 0.5) is 5.13 Å². The van der Waals surface area contributed by atoms with Gasteiger partial charge in [0, 0.05) is 44.8 Å². The molecule has 2 aliphatic heterocycles. The van der Waals surface area contributed by atoms with Gasteiger partial charge in [-0.15, -0.1) is 0 Å². The van der Waals surface area contributed by atoms with Gasteiger partial charge in [-0.25, -0.2) is 13.4 Å². The summed E-state index contributed by atoms with van der Waals surface area (Å²) in [6.07, 6.45) is 2.88. The van der Waals surface area contributed by atoms with E-state index in [-0.39, 0.29) is 10.8 Å². The van der Waals surface area contributed by atoms with Gasteiger partial charge in [-0.2, -0.15) is 4.31 Å². The summed E-state index contributed by atoms with van der Waals surface area (Å²) in [6, 6.07) is 12.8. The Kier molecular flexibility index (Phi) is 6.83. The Morgan fingerprint density at radius 1 is 0.914 bits per heavy atom. The molecule has 2 aromatic carbocycles. The molecule has 5 rings (SSSR count). The normalized spacial score (nSPS) is 17.9. The number of rotatable bonds is 5. The average Bonchev–Trinajstić information content (AvgIpc) is 3.33. The maximum atomic E-state index is 13.1. The van der Waals surface area contributed by atoms with E-state index in [0.717, 1.165) is 43.0 Å². The Morgan fingerprint density at radius 3 is 2.26 bits per heavy atom. The van der Waals surface area contributed by atoms with Crippen LogP contribution in [0.25, 0.3) is 10.2 Å². The van der Waals surface area contributed by atoms with Gasteiger partial charge in [-0.1, -0.05) is 43.7 Å². The summed E-state index contributed by atoms with van der Waals surface area (Å²) in [5.74, 6) is 0.363. The van der Waals surface area contributed by atoms with Crippen molar-refractivity contribution in [3.63, 3.8) is 0 Å². The lowest BCUT2D eigenvalue weighted by Gasteiger charge is -2.34. The number of nitrogens with zero attached hydrogens (tertiary/aromatic N) is 4. The molecule has 0 radical (unpaired) electrons. The first-order valence-electron chi connectivity index (χ1n) is 12.4. The molecule has 2 saturated heterocycles. The number of carbonyl (C=O) groups is 1. The minimum absolute atomic E-state index is 0.0574. The largest absolute Gasteiger partial charge is 0.345 e. The summed E-state index contributed by atoms with van der Waals surface area (Å²) < 4.78 is 28.5. The molecule has 0 unspecified atom stereocenters. The molecule has 1 aromatic heterocycles. The third-order valence-corrected chi connectivity index (χ3v) is 9.95. The molecular formula is C26H32N4O3S2. The molecule has 0 aliphatic carbocycles. The number of sulfonamides is 1. The van der Waals surface area contributed by atoms with Crippen molar-refractivity contribution in [1.29, 1.82) is 0 Å². The van der Waals surface area contributed by atoms with Crippen LogP contribution in [0.3, 0.4) is 0 Å². The van der Waals surface area contributed by atoms with Crippen LogP contribution in [0.1, 0.15) is 54.9 Å². The highest BCUT2D eigenvalue weighted by atomic mass is 32.2. The second kappa shape index (κ2) is 9.87. The molecule has 2 aliphatic rings. The topological polar surface area (TPSA) is 73.8 Å². The number of hydrogen-bond acceptors (Lipinski definition) is 6. The SMILES string of the molecule is CC(C)c1cccc2sc(N3CCN(C(=O)c4ccc(S(=O)(=O)N5CCCCC5)cc4)CC3)nc12. The molecule has 7 nitrogen and oxygen atoms in total. The number of piperazine rings is 1. The number of anilines is 1. The molecule has 0 bridgehead atoms. The number of piperidine rings is 1. The molecule has 9 heteroatoms. The van der Waals surface area contributed by atoms with Gasteiger partial charge in [0.25, 0.3) is 5.91 Å². The number of fused-ring (bicyclic) bond motifs is 1. The number of thiazole rings is 1. The van der Waals surface area contributed by atoms with Crippen LogP contribution in [0.5, 0.6) is 0 Å². The predicted molar refractivity (Wildman–Crippen MR) is 141 cm³/mol. The van der Waals surface area contributed by atoms with E-state index in [1.807, 2.05) is 4.90 Å². The maximum absolute atomic E-state index is 13.1. The van der Waals surface area contributed by atoms with Gasteiger partial charge in [0.1, 0.15) is 0 Å². The number of aromatic nitrogens is 1. The van der Waals surface area contributed by atoms with Gasteiger partial charge >= 0.3 is 0 Å². The monoisotopic (exact) mass is 512 g/mol. The first-order chi connectivity index (χ1) is 16.8. The highest BCUT2D eigenvalue weighted by Crippen LogP contribution is 2.34. The summed E-state index contributed by atoms with van der Waals surface area (Å²) in [5.41, 5.74) is 2.88. The quantitative estimate of drug-likeness (QED) is 0.501. The van der Waals surface area contributed by atoms with Crippen molar-refractivity contribution < 1.29 is 13.2 Å². The molecule has 186 valence electrons. The fourth-order valence-corrected chi connectivity index (χ4v) is 7.44. The van der Waals surface area contributed by atoms with Gasteiger partial charge in [0.05, 0.1) is 15.1 Å². The van der Waals surface area contributed by atoms with Gasteiger partial charge in [-0.3, -0.25) is 4.79 Å². The first kappa shape index (κ1) is 24.2. The number of para-hydroxylation sites is 1. The van der Waals surface area contributed by atoms with Crippen LogP contribution >= 0.6 is 11.3 Å². The molecule has 0 N–H and O–H groups in total. The van der Waals surface area contributed by atoms with Crippen LogP contribution in [0, 0.1) is 0 Å². The number of hydrogen-bond donors (Lipinski definition) is 0. The van der Waals surface area contributed by atoms with Crippen molar-refractivity contribution in [1.82, 2.24) is 14.2 Å². The van der Waals surface area contributed by atoms with E-state index in [4.69, 9.17) is 4.98 Å². The maximum Gasteiger partial charge on any atom is 0.253 e. The van der Waals surface area contributed by atoms with Gasteiger partial charge in [0.2, 0.25) is 10.0 Å². The number of carbonyl (C=O) groups excluding carboxylic acids is 1. The van der Waals surface area contributed by atoms with Gasteiger partial charge in [-0.05, 0) is 54.7 Å². The van der Waals surface area contributed by atoms with E-state index in [1.54, 1.807) is 39.9 Å². The van der Waals surface area contributed by atoms with Crippen molar-refractivity contribution >= 4 is 42.6 Å². The zero-order valence-electron chi connectivity index (χ0n) is 20.3. The average molecular weight is 513 g/mol. The van der Waals surface area contributed by atoms with Gasteiger partial charge in [0.15, 0.2) is 5.13 Å². The van der Waals surface area contributed by atoms with Crippen LogP contribution in [0.15, 0.2) is 47.4 Å². The summed E-state index contributed by atoms with van der Waals surface area (Å²) >= 11 is 1.71.